The largest absolute Gasteiger partial charge is 0.393 e. The van der Waals surface area contributed by atoms with Crippen LogP contribution in [0.15, 0.2) is 0 Å². The summed E-state index contributed by atoms with van der Waals surface area (Å²) >= 11 is 0. The van der Waals surface area contributed by atoms with Crippen LogP contribution in [0.2, 0.25) is 0 Å². The van der Waals surface area contributed by atoms with Gasteiger partial charge in [0.2, 0.25) is 0 Å². The van der Waals surface area contributed by atoms with Gasteiger partial charge in [-0.1, -0.05) is 6.42 Å². The maximum absolute atomic E-state index is 9.58. The van der Waals surface area contributed by atoms with E-state index in [9.17, 15) is 5.11 Å². The van der Waals surface area contributed by atoms with E-state index < -0.39 is 0 Å². The second-order valence-electron chi connectivity index (χ2n) is 3.63. The van der Waals surface area contributed by atoms with Crippen LogP contribution in [0, 0.1) is 5.92 Å². The van der Waals surface area contributed by atoms with Crippen molar-refractivity contribution < 1.29 is 14.6 Å². The Morgan fingerprint density at radius 2 is 1.75 bits per heavy atom. The van der Waals surface area contributed by atoms with E-state index in [0.29, 0.717) is 0 Å². The van der Waals surface area contributed by atoms with Gasteiger partial charge in [-0.15, -0.1) is 0 Å². The van der Waals surface area contributed by atoms with Gasteiger partial charge in [-0.3, -0.25) is 0 Å². The molecule has 0 spiro atoms. The first-order chi connectivity index (χ1) is 5.88. The van der Waals surface area contributed by atoms with Gasteiger partial charge in [0.05, 0.1) is 19.3 Å². The third-order valence-corrected chi connectivity index (χ3v) is 2.73. The van der Waals surface area contributed by atoms with Gasteiger partial charge >= 0.3 is 0 Å². The minimum atomic E-state index is -0.201. The van der Waals surface area contributed by atoms with Gasteiger partial charge in [0.15, 0.2) is 6.29 Å². The Labute approximate surface area is 72.7 Å². The van der Waals surface area contributed by atoms with E-state index in [4.69, 9.17) is 9.47 Å². The molecule has 12 heavy (non-hydrogen) atoms. The molecule has 1 aliphatic carbocycles. The van der Waals surface area contributed by atoms with E-state index in [1.807, 2.05) is 0 Å². The van der Waals surface area contributed by atoms with Crippen molar-refractivity contribution in [2.24, 2.45) is 5.92 Å². The Bertz CT molecular complexity index is 143. The van der Waals surface area contributed by atoms with Crippen molar-refractivity contribution in [1.29, 1.82) is 0 Å². The molecule has 3 nitrogen and oxygen atoms in total. The van der Waals surface area contributed by atoms with Crippen molar-refractivity contribution in [3.8, 4) is 0 Å². The highest BCUT2D eigenvalue weighted by Crippen LogP contribution is 2.31. The van der Waals surface area contributed by atoms with Crippen LogP contribution in [-0.4, -0.2) is 30.7 Å². The lowest BCUT2D eigenvalue weighted by atomic mass is 10.1. The summed E-state index contributed by atoms with van der Waals surface area (Å²) in [6, 6.07) is 0. The SMILES string of the molecule is OC1CCCC1C1OCCCO1. The van der Waals surface area contributed by atoms with E-state index in [-0.39, 0.29) is 18.3 Å². The number of aliphatic hydroxyl groups excluding tert-OH is 1. The van der Waals surface area contributed by atoms with E-state index in [2.05, 4.69) is 0 Å². The van der Waals surface area contributed by atoms with Crippen LogP contribution in [0.25, 0.3) is 0 Å². The summed E-state index contributed by atoms with van der Waals surface area (Å²) in [6.45, 7) is 1.57. The lowest BCUT2D eigenvalue weighted by Gasteiger charge is -2.29. The molecule has 1 saturated heterocycles. The maximum atomic E-state index is 9.58. The quantitative estimate of drug-likeness (QED) is 0.639. The van der Waals surface area contributed by atoms with Crippen molar-refractivity contribution in [3.63, 3.8) is 0 Å². The minimum Gasteiger partial charge on any atom is -0.393 e. The Morgan fingerprint density at radius 1 is 1.00 bits per heavy atom. The summed E-state index contributed by atoms with van der Waals surface area (Å²) in [5.74, 6) is 0.227. The Morgan fingerprint density at radius 3 is 2.33 bits per heavy atom. The van der Waals surface area contributed by atoms with Crippen LogP contribution in [0.5, 0.6) is 0 Å². The number of rotatable bonds is 1. The maximum Gasteiger partial charge on any atom is 0.162 e. The summed E-state index contributed by atoms with van der Waals surface area (Å²) in [5, 5.41) is 9.58. The molecule has 0 bridgehead atoms. The molecule has 70 valence electrons. The molecular weight excluding hydrogens is 156 g/mol. The normalized spacial score (nSPS) is 38.8. The molecule has 3 heteroatoms. The first kappa shape index (κ1) is 8.48. The molecule has 0 aromatic rings. The first-order valence-electron chi connectivity index (χ1n) is 4.79. The number of ether oxygens (including phenoxy) is 2. The fraction of sp³-hybridized carbons (Fsp3) is 1.00. The molecule has 1 saturated carbocycles. The molecule has 2 unspecified atom stereocenters. The average Bonchev–Trinajstić information content (AvgIpc) is 2.53. The van der Waals surface area contributed by atoms with E-state index in [1.54, 1.807) is 0 Å². The van der Waals surface area contributed by atoms with Crippen LogP contribution in [0.1, 0.15) is 25.7 Å². The third kappa shape index (κ3) is 1.63. The van der Waals surface area contributed by atoms with Crippen LogP contribution in [0.4, 0.5) is 0 Å². The molecule has 2 fully saturated rings. The number of aliphatic hydroxyl groups is 1. The van der Waals surface area contributed by atoms with Crippen molar-refractivity contribution in [3.05, 3.63) is 0 Å². The van der Waals surface area contributed by atoms with Gasteiger partial charge in [0.1, 0.15) is 0 Å². The summed E-state index contributed by atoms with van der Waals surface area (Å²) < 4.78 is 10.9. The Hall–Kier alpha value is -0.120. The van der Waals surface area contributed by atoms with Crippen LogP contribution >= 0.6 is 0 Å². The predicted molar refractivity (Wildman–Crippen MR) is 43.7 cm³/mol. The molecule has 1 heterocycles. The summed E-state index contributed by atoms with van der Waals surface area (Å²) in [5.41, 5.74) is 0. The predicted octanol–water partition coefficient (Wildman–Crippen LogP) is 0.910. The van der Waals surface area contributed by atoms with Crippen molar-refractivity contribution in [2.45, 2.75) is 38.1 Å². The standard InChI is InChI=1S/C9H16O3/c10-8-4-1-3-7(8)9-11-5-2-6-12-9/h7-10H,1-6H2. The zero-order chi connectivity index (χ0) is 8.39. The van der Waals surface area contributed by atoms with Gasteiger partial charge in [-0.25, -0.2) is 0 Å². The van der Waals surface area contributed by atoms with Gasteiger partial charge in [0, 0.05) is 5.92 Å². The zero-order valence-electron chi connectivity index (χ0n) is 7.24. The molecule has 0 aromatic carbocycles. The highest BCUT2D eigenvalue weighted by atomic mass is 16.7. The summed E-state index contributed by atoms with van der Waals surface area (Å²) in [7, 11) is 0. The lowest BCUT2D eigenvalue weighted by Crippen LogP contribution is -2.36. The fourth-order valence-electron chi connectivity index (χ4n) is 2.04. The molecule has 2 atom stereocenters. The van der Waals surface area contributed by atoms with Gasteiger partial charge in [0.25, 0.3) is 0 Å². The highest BCUT2D eigenvalue weighted by molar-refractivity contribution is 4.80. The van der Waals surface area contributed by atoms with Crippen molar-refractivity contribution >= 4 is 0 Å². The van der Waals surface area contributed by atoms with Crippen molar-refractivity contribution in [1.82, 2.24) is 0 Å². The van der Waals surface area contributed by atoms with E-state index in [0.717, 1.165) is 38.9 Å². The molecule has 0 aromatic heterocycles. The smallest absolute Gasteiger partial charge is 0.162 e. The van der Waals surface area contributed by atoms with Crippen molar-refractivity contribution in [2.75, 3.05) is 13.2 Å². The first-order valence-corrected chi connectivity index (χ1v) is 4.79. The lowest BCUT2D eigenvalue weighted by molar-refractivity contribution is -0.215. The molecule has 2 aliphatic rings. The molecule has 1 aliphatic heterocycles. The molecule has 0 radical (unpaired) electrons. The average molecular weight is 172 g/mol. The summed E-state index contributed by atoms with van der Waals surface area (Å²) in [4.78, 5) is 0. The number of hydrogen-bond donors (Lipinski definition) is 1. The monoisotopic (exact) mass is 172 g/mol. The summed E-state index contributed by atoms with van der Waals surface area (Å²) in [6.07, 6.45) is 3.72. The Kier molecular flexibility index (Phi) is 2.63. The molecular formula is C9H16O3. The van der Waals surface area contributed by atoms with Gasteiger partial charge in [-0.2, -0.15) is 0 Å². The zero-order valence-corrected chi connectivity index (χ0v) is 7.24. The second kappa shape index (κ2) is 3.73. The van der Waals surface area contributed by atoms with Crippen LogP contribution in [0.3, 0.4) is 0 Å². The fourth-order valence-corrected chi connectivity index (χ4v) is 2.04. The highest BCUT2D eigenvalue weighted by Gasteiger charge is 2.34. The van der Waals surface area contributed by atoms with Gasteiger partial charge in [-0.05, 0) is 19.3 Å². The van der Waals surface area contributed by atoms with E-state index in [1.165, 1.54) is 0 Å². The number of hydrogen-bond acceptors (Lipinski definition) is 3. The van der Waals surface area contributed by atoms with Crippen LogP contribution in [-0.2, 0) is 9.47 Å². The second-order valence-corrected chi connectivity index (χ2v) is 3.63. The van der Waals surface area contributed by atoms with E-state index >= 15 is 0 Å². The Balaban J connectivity index is 1.89. The van der Waals surface area contributed by atoms with Crippen LogP contribution < -0.4 is 0 Å². The third-order valence-electron chi connectivity index (χ3n) is 2.73. The molecule has 0 amide bonds. The topological polar surface area (TPSA) is 38.7 Å². The molecule has 2 rings (SSSR count). The van der Waals surface area contributed by atoms with Gasteiger partial charge < -0.3 is 14.6 Å². The molecule has 1 N–H and O–H groups in total. The minimum absolute atomic E-state index is 0.128.